The molecular formula is C21H15BrCl2N2O2. The molecule has 0 atom stereocenters. The van der Waals surface area contributed by atoms with Gasteiger partial charge < -0.3 is 4.74 Å². The number of hydrogen-bond acceptors (Lipinski definition) is 3. The molecule has 142 valence electrons. The van der Waals surface area contributed by atoms with E-state index in [0.717, 1.165) is 21.3 Å². The Morgan fingerprint density at radius 2 is 1.82 bits per heavy atom. The van der Waals surface area contributed by atoms with E-state index in [1.165, 1.54) is 6.07 Å². The van der Waals surface area contributed by atoms with Crippen LogP contribution in [0, 0.1) is 0 Å². The third-order valence-electron chi connectivity index (χ3n) is 3.75. The maximum atomic E-state index is 12.1. The van der Waals surface area contributed by atoms with Gasteiger partial charge in [0.15, 0.2) is 0 Å². The predicted octanol–water partition coefficient (Wildman–Crippen LogP) is 6.10. The number of halogens is 3. The molecule has 0 fully saturated rings. The lowest BCUT2D eigenvalue weighted by molar-refractivity contribution is 0.0955. The second-order valence-electron chi connectivity index (χ2n) is 5.79. The van der Waals surface area contributed by atoms with Crippen molar-refractivity contribution >= 4 is 51.3 Å². The number of nitrogens with zero attached hydrogens (tertiary/aromatic N) is 1. The second-order valence-corrected chi connectivity index (χ2v) is 7.46. The van der Waals surface area contributed by atoms with Gasteiger partial charge in [-0.3, -0.25) is 4.79 Å². The molecule has 0 bridgehead atoms. The van der Waals surface area contributed by atoms with Gasteiger partial charge in [0.1, 0.15) is 12.4 Å². The molecule has 0 unspecified atom stereocenters. The first-order valence-electron chi connectivity index (χ1n) is 8.27. The molecule has 0 radical (unpaired) electrons. The first-order chi connectivity index (χ1) is 13.5. The number of carbonyl (C=O) groups excluding carboxylic acids is 1. The topological polar surface area (TPSA) is 50.7 Å². The van der Waals surface area contributed by atoms with E-state index in [9.17, 15) is 4.79 Å². The van der Waals surface area contributed by atoms with Crippen LogP contribution in [0.4, 0.5) is 0 Å². The lowest BCUT2D eigenvalue weighted by Gasteiger charge is -2.08. The van der Waals surface area contributed by atoms with E-state index in [2.05, 4.69) is 26.5 Å². The van der Waals surface area contributed by atoms with Gasteiger partial charge in [-0.2, -0.15) is 5.10 Å². The summed E-state index contributed by atoms with van der Waals surface area (Å²) in [6.45, 7) is 0.479. The Balaban J connectivity index is 1.59. The van der Waals surface area contributed by atoms with Gasteiger partial charge >= 0.3 is 0 Å². The van der Waals surface area contributed by atoms with Gasteiger partial charge in [0.2, 0.25) is 0 Å². The van der Waals surface area contributed by atoms with E-state index in [4.69, 9.17) is 27.9 Å². The minimum atomic E-state index is -0.378. The normalized spacial score (nSPS) is 10.8. The molecule has 4 nitrogen and oxygen atoms in total. The van der Waals surface area contributed by atoms with E-state index >= 15 is 0 Å². The molecule has 0 aliphatic carbocycles. The van der Waals surface area contributed by atoms with Gasteiger partial charge in [-0.1, -0.05) is 53.5 Å². The number of benzene rings is 3. The minimum Gasteiger partial charge on any atom is -0.488 e. The van der Waals surface area contributed by atoms with Crippen molar-refractivity contribution in [3.05, 3.63) is 97.9 Å². The second kappa shape index (κ2) is 9.73. The number of hydrogen-bond donors (Lipinski definition) is 1. The maximum Gasteiger partial charge on any atom is 0.271 e. The number of rotatable bonds is 6. The van der Waals surface area contributed by atoms with Crippen molar-refractivity contribution in [2.45, 2.75) is 6.61 Å². The largest absolute Gasteiger partial charge is 0.488 e. The van der Waals surface area contributed by atoms with Crippen molar-refractivity contribution < 1.29 is 9.53 Å². The van der Waals surface area contributed by atoms with Gasteiger partial charge in [0, 0.05) is 5.56 Å². The summed E-state index contributed by atoms with van der Waals surface area (Å²) in [6, 6.07) is 20.1. The van der Waals surface area contributed by atoms with Crippen LogP contribution < -0.4 is 10.2 Å². The molecule has 0 aliphatic heterocycles. The fraction of sp³-hybridized carbons (Fsp3) is 0.0476. The lowest BCUT2D eigenvalue weighted by atomic mass is 10.2. The van der Waals surface area contributed by atoms with Gasteiger partial charge in [0.25, 0.3) is 5.91 Å². The Bertz CT molecular complexity index is 1010. The third-order valence-corrected chi connectivity index (χ3v) is 5.11. The van der Waals surface area contributed by atoms with Crippen LogP contribution in [0.25, 0.3) is 0 Å². The van der Waals surface area contributed by atoms with Crippen molar-refractivity contribution in [3.8, 4) is 5.75 Å². The van der Waals surface area contributed by atoms with Crippen LogP contribution in [0.3, 0.4) is 0 Å². The van der Waals surface area contributed by atoms with E-state index in [-0.39, 0.29) is 5.91 Å². The summed E-state index contributed by atoms with van der Waals surface area (Å²) in [5.41, 5.74) is 4.72. The number of nitrogens with one attached hydrogen (secondary N) is 1. The molecule has 0 saturated heterocycles. The fourth-order valence-corrected chi connectivity index (χ4v) is 3.13. The van der Waals surface area contributed by atoms with Crippen molar-refractivity contribution in [3.63, 3.8) is 0 Å². The molecule has 7 heteroatoms. The number of carbonyl (C=O) groups is 1. The number of ether oxygens (including phenoxy) is 1. The van der Waals surface area contributed by atoms with Gasteiger partial charge in [0.05, 0.1) is 20.7 Å². The quantitative estimate of drug-likeness (QED) is 0.344. The summed E-state index contributed by atoms with van der Waals surface area (Å²) in [7, 11) is 0. The zero-order valence-electron chi connectivity index (χ0n) is 14.5. The van der Waals surface area contributed by atoms with Crippen molar-refractivity contribution in [2.24, 2.45) is 5.10 Å². The SMILES string of the molecule is O=C(N/N=C\c1ccc(OCc2ccccc2)c(Br)c1)c1ccc(Cl)c(Cl)c1. The van der Waals surface area contributed by atoms with Crippen LogP contribution in [-0.2, 0) is 6.61 Å². The highest BCUT2D eigenvalue weighted by Crippen LogP contribution is 2.26. The van der Waals surface area contributed by atoms with Crippen LogP contribution in [0.15, 0.2) is 76.3 Å². The predicted molar refractivity (Wildman–Crippen MR) is 116 cm³/mol. The maximum absolute atomic E-state index is 12.1. The summed E-state index contributed by atoms with van der Waals surface area (Å²) in [6.07, 6.45) is 1.54. The van der Waals surface area contributed by atoms with Crippen LogP contribution in [-0.4, -0.2) is 12.1 Å². The Morgan fingerprint density at radius 3 is 2.54 bits per heavy atom. The zero-order chi connectivity index (χ0) is 19.9. The highest BCUT2D eigenvalue weighted by molar-refractivity contribution is 9.10. The summed E-state index contributed by atoms with van der Waals surface area (Å²) in [5, 5.41) is 4.68. The monoisotopic (exact) mass is 476 g/mol. The molecule has 3 aromatic rings. The van der Waals surface area contributed by atoms with Crippen LogP contribution in [0.1, 0.15) is 21.5 Å². The van der Waals surface area contributed by atoms with Crippen molar-refractivity contribution in [2.75, 3.05) is 0 Å². The molecule has 0 spiro atoms. The number of amides is 1. The van der Waals surface area contributed by atoms with Crippen LogP contribution >= 0.6 is 39.1 Å². The van der Waals surface area contributed by atoms with Crippen LogP contribution in [0.2, 0.25) is 10.0 Å². The smallest absolute Gasteiger partial charge is 0.271 e. The van der Waals surface area contributed by atoms with E-state index < -0.39 is 0 Å². The fourth-order valence-electron chi connectivity index (χ4n) is 2.32. The van der Waals surface area contributed by atoms with E-state index in [1.54, 1.807) is 18.3 Å². The molecule has 3 aromatic carbocycles. The molecular weight excluding hydrogens is 463 g/mol. The van der Waals surface area contributed by atoms with Crippen molar-refractivity contribution in [1.82, 2.24) is 5.43 Å². The van der Waals surface area contributed by atoms with Crippen molar-refractivity contribution in [1.29, 1.82) is 0 Å². The standard InChI is InChI=1S/C21H15BrCl2N2O2/c22-17-10-15(6-9-20(17)28-13-14-4-2-1-3-5-14)12-25-26-21(27)16-7-8-18(23)19(24)11-16/h1-12H,13H2,(H,26,27)/b25-12-. The molecule has 1 N–H and O–H groups in total. The lowest BCUT2D eigenvalue weighted by Crippen LogP contribution is -2.17. The molecule has 0 saturated carbocycles. The molecule has 28 heavy (non-hydrogen) atoms. The zero-order valence-corrected chi connectivity index (χ0v) is 17.6. The highest BCUT2D eigenvalue weighted by atomic mass is 79.9. The summed E-state index contributed by atoms with van der Waals surface area (Å²) in [5.74, 6) is 0.345. The first kappa shape index (κ1) is 20.4. The third kappa shape index (κ3) is 5.58. The average molecular weight is 478 g/mol. The van der Waals surface area contributed by atoms with Gasteiger partial charge in [-0.15, -0.1) is 0 Å². The van der Waals surface area contributed by atoms with Crippen LogP contribution in [0.5, 0.6) is 5.75 Å². The summed E-state index contributed by atoms with van der Waals surface area (Å²) >= 11 is 15.3. The van der Waals surface area contributed by atoms with Gasteiger partial charge in [-0.25, -0.2) is 5.43 Å². The Labute approximate surface area is 181 Å². The Morgan fingerprint density at radius 1 is 1.04 bits per heavy atom. The molecule has 0 aromatic heterocycles. The van der Waals surface area contributed by atoms with Gasteiger partial charge in [-0.05, 0) is 63.5 Å². The molecule has 0 heterocycles. The average Bonchev–Trinajstić information content (AvgIpc) is 2.70. The Kier molecular flexibility index (Phi) is 7.09. The van der Waals surface area contributed by atoms with E-state index in [0.29, 0.717) is 22.2 Å². The summed E-state index contributed by atoms with van der Waals surface area (Å²) < 4.78 is 6.61. The van der Waals surface area contributed by atoms with E-state index in [1.807, 2.05) is 48.5 Å². The molecule has 3 rings (SSSR count). The minimum absolute atomic E-state index is 0.313. The summed E-state index contributed by atoms with van der Waals surface area (Å²) in [4.78, 5) is 12.1. The molecule has 0 aliphatic rings. The highest BCUT2D eigenvalue weighted by Gasteiger charge is 2.07. The Hall–Kier alpha value is -2.34. The number of hydrazone groups is 1. The molecule has 1 amide bonds. The first-order valence-corrected chi connectivity index (χ1v) is 9.82.